The van der Waals surface area contributed by atoms with Crippen LogP contribution in [-0.4, -0.2) is 13.1 Å². The first kappa shape index (κ1) is 12.7. The fourth-order valence-corrected chi connectivity index (χ4v) is 2.54. The zero-order chi connectivity index (χ0) is 14.1. The molecule has 1 N–H and O–H groups in total. The maximum absolute atomic E-state index is 13.8. The summed E-state index contributed by atoms with van der Waals surface area (Å²) < 4.78 is 18.5. The van der Waals surface area contributed by atoms with Gasteiger partial charge in [-0.2, -0.15) is 0 Å². The van der Waals surface area contributed by atoms with Gasteiger partial charge < -0.3 is 10.1 Å². The van der Waals surface area contributed by atoms with Gasteiger partial charge in [-0.05, 0) is 30.2 Å². The Labute approximate surface area is 116 Å². The molecule has 0 radical (unpaired) electrons. The van der Waals surface area contributed by atoms with Gasteiger partial charge in [0.05, 0.1) is 18.7 Å². The van der Waals surface area contributed by atoms with Crippen molar-refractivity contribution >= 4 is 11.7 Å². The summed E-state index contributed by atoms with van der Waals surface area (Å²) in [6.07, 6.45) is 0.706. The lowest BCUT2D eigenvalue weighted by molar-refractivity contribution is 0.0601. The van der Waals surface area contributed by atoms with E-state index >= 15 is 0 Å². The highest BCUT2D eigenvalue weighted by molar-refractivity contribution is 5.91. The van der Waals surface area contributed by atoms with Crippen LogP contribution in [0.2, 0.25) is 0 Å². The maximum Gasteiger partial charge on any atom is 0.337 e. The average molecular weight is 271 g/mol. The third kappa shape index (κ3) is 2.13. The number of hydrogen-bond donors (Lipinski definition) is 1. The number of halogens is 1. The first-order chi connectivity index (χ1) is 9.69. The lowest BCUT2D eigenvalue weighted by atomic mass is 10.0. The molecule has 0 bridgehead atoms. The van der Waals surface area contributed by atoms with E-state index in [0.29, 0.717) is 17.5 Å². The van der Waals surface area contributed by atoms with Crippen LogP contribution in [0.4, 0.5) is 10.1 Å². The van der Waals surface area contributed by atoms with Gasteiger partial charge in [-0.1, -0.05) is 24.3 Å². The van der Waals surface area contributed by atoms with E-state index in [4.69, 9.17) is 4.74 Å². The highest BCUT2D eigenvalue weighted by atomic mass is 19.1. The number of benzene rings is 2. The Morgan fingerprint density at radius 3 is 2.85 bits per heavy atom. The summed E-state index contributed by atoms with van der Waals surface area (Å²) in [6.45, 7) is 0. The van der Waals surface area contributed by atoms with Crippen molar-refractivity contribution in [1.29, 1.82) is 0 Å². The molecule has 1 atom stereocenters. The Hall–Kier alpha value is -2.36. The predicted octanol–water partition coefficient (Wildman–Crippen LogP) is 3.32. The summed E-state index contributed by atoms with van der Waals surface area (Å²) >= 11 is 0. The van der Waals surface area contributed by atoms with Crippen molar-refractivity contribution in [2.45, 2.75) is 12.5 Å². The Balaban J connectivity index is 1.89. The van der Waals surface area contributed by atoms with Gasteiger partial charge in [-0.15, -0.1) is 0 Å². The third-order valence-corrected chi connectivity index (χ3v) is 3.57. The summed E-state index contributed by atoms with van der Waals surface area (Å²) in [5, 5.41) is 3.26. The molecule has 4 heteroatoms. The molecule has 20 heavy (non-hydrogen) atoms. The minimum absolute atomic E-state index is 0.0981. The number of carbonyl (C=O) groups excluding carboxylic acids is 1. The number of nitrogens with one attached hydrogen (secondary N) is 1. The third-order valence-electron chi connectivity index (χ3n) is 3.57. The van der Waals surface area contributed by atoms with Crippen LogP contribution >= 0.6 is 0 Å². The van der Waals surface area contributed by atoms with Crippen molar-refractivity contribution in [3.8, 4) is 0 Å². The van der Waals surface area contributed by atoms with Gasteiger partial charge in [0.25, 0.3) is 0 Å². The Bertz CT molecular complexity index is 669. The van der Waals surface area contributed by atoms with E-state index in [-0.39, 0.29) is 17.8 Å². The normalized spacial score (nSPS) is 16.4. The summed E-state index contributed by atoms with van der Waals surface area (Å²) in [6, 6.07) is 12.0. The van der Waals surface area contributed by atoms with Crippen molar-refractivity contribution in [3.05, 3.63) is 65.0 Å². The quantitative estimate of drug-likeness (QED) is 0.851. The minimum Gasteiger partial charge on any atom is -0.465 e. The first-order valence-corrected chi connectivity index (χ1v) is 6.41. The van der Waals surface area contributed by atoms with Crippen molar-refractivity contribution in [2.24, 2.45) is 0 Å². The molecule has 102 valence electrons. The molecule has 3 nitrogen and oxygen atoms in total. The van der Waals surface area contributed by atoms with Gasteiger partial charge in [-0.3, -0.25) is 0 Å². The second-order valence-corrected chi connectivity index (χ2v) is 4.79. The molecule has 0 aromatic heterocycles. The van der Waals surface area contributed by atoms with E-state index < -0.39 is 0 Å². The van der Waals surface area contributed by atoms with Crippen LogP contribution in [0.3, 0.4) is 0 Å². The van der Waals surface area contributed by atoms with E-state index in [0.717, 1.165) is 11.3 Å². The van der Waals surface area contributed by atoms with Crippen molar-refractivity contribution in [3.63, 3.8) is 0 Å². The average Bonchev–Trinajstić information content (AvgIpc) is 2.89. The topological polar surface area (TPSA) is 38.3 Å². The Morgan fingerprint density at radius 1 is 1.30 bits per heavy atom. The van der Waals surface area contributed by atoms with Gasteiger partial charge in [0.1, 0.15) is 5.82 Å². The van der Waals surface area contributed by atoms with Crippen LogP contribution in [0.5, 0.6) is 0 Å². The zero-order valence-corrected chi connectivity index (χ0v) is 11.0. The SMILES string of the molecule is COC(=O)c1ccc2c(c1)NC(c1ccccc1F)C2. The smallest absolute Gasteiger partial charge is 0.337 e. The molecule has 0 saturated carbocycles. The van der Waals surface area contributed by atoms with Crippen molar-refractivity contribution in [1.82, 2.24) is 0 Å². The highest BCUT2D eigenvalue weighted by Crippen LogP contribution is 2.35. The van der Waals surface area contributed by atoms with Gasteiger partial charge in [-0.25, -0.2) is 9.18 Å². The van der Waals surface area contributed by atoms with E-state index in [1.165, 1.54) is 13.2 Å². The maximum atomic E-state index is 13.8. The number of anilines is 1. The van der Waals surface area contributed by atoms with E-state index in [1.807, 2.05) is 12.1 Å². The summed E-state index contributed by atoms with van der Waals surface area (Å²) in [5.74, 6) is -0.588. The predicted molar refractivity (Wildman–Crippen MR) is 74.2 cm³/mol. The van der Waals surface area contributed by atoms with Gasteiger partial charge in [0, 0.05) is 11.3 Å². The number of rotatable bonds is 2. The number of hydrogen-bond acceptors (Lipinski definition) is 3. The molecule has 0 fully saturated rings. The summed E-state index contributed by atoms with van der Waals surface area (Å²) in [4.78, 5) is 11.5. The summed E-state index contributed by atoms with van der Waals surface area (Å²) in [7, 11) is 1.35. The minimum atomic E-state index is -0.371. The lowest BCUT2D eigenvalue weighted by Gasteiger charge is -2.12. The first-order valence-electron chi connectivity index (χ1n) is 6.41. The molecule has 0 spiro atoms. The molecule has 1 aliphatic heterocycles. The number of methoxy groups -OCH3 is 1. The largest absolute Gasteiger partial charge is 0.465 e. The van der Waals surface area contributed by atoms with Crippen LogP contribution in [-0.2, 0) is 11.2 Å². The fourth-order valence-electron chi connectivity index (χ4n) is 2.54. The van der Waals surface area contributed by atoms with Crippen LogP contribution in [0.15, 0.2) is 42.5 Å². The second-order valence-electron chi connectivity index (χ2n) is 4.79. The molecule has 0 aliphatic carbocycles. The van der Waals surface area contributed by atoms with Crippen LogP contribution in [0.1, 0.15) is 27.5 Å². The number of esters is 1. The number of ether oxygens (including phenoxy) is 1. The molecule has 1 aliphatic rings. The molecule has 1 heterocycles. The Kier molecular flexibility index (Phi) is 3.14. The molecular formula is C16H14FNO2. The fraction of sp³-hybridized carbons (Fsp3) is 0.188. The lowest BCUT2D eigenvalue weighted by Crippen LogP contribution is -2.07. The molecular weight excluding hydrogens is 257 g/mol. The number of carbonyl (C=O) groups is 1. The molecule has 1 unspecified atom stereocenters. The Morgan fingerprint density at radius 2 is 2.10 bits per heavy atom. The van der Waals surface area contributed by atoms with Crippen LogP contribution < -0.4 is 5.32 Å². The van der Waals surface area contributed by atoms with Gasteiger partial charge in [0.15, 0.2) is 0 Å². The van der Waals surface area contributed by atoms with E-state index in [1.54, 1.807) is 24.3 Å². The molecule has 0 amide bonds. The molecule has 3 rings (SSSR count). The highest BCUT2D eigenvalue weighted by Gasteiger charge is 2.24. The molecule has 0 saturated heterocycles. The van der Waals surface area contributed by atoms with Crippen molar-refractivity contribution < 1.29 is 13.9 Å². The van der Waals surface area contributed by atoms with Crippen molar-refractivity contribution in [2.75, 3.05) is 12.4 Å². The second kappa shape index (κ2) is 4.96. The molecule has 2 aromatic rings. The molecule has 2 aromatic carbocycles. The summed E-state index contributed by atoms with van der Waals surface area (Å²) in [5.41, 5.74) is 3.07. The van der Waals surface area contributed by atoms with E-state index in [9.17, 15) is 9.18 Å². The van der Waals surface area contributed by atoms with Gasteiger partial charge in [0.2, 0.25) is 0 Å². The standard InChI is InChI=1S/C16H14FNO2/c1-20-16(19)11-7-6-10-8-15(18-14(10)9-11)12-4-2-3-5-13(12)17/h2-7,9,15,18H,8H2,1H3. The van der Waals surface area contributed by atoms with Crippen LogP contribution in [0, 0.1) is 5.82 Å². The number of fused-ring (bicyclic) bond motifs is 1. The van der Waals surface area contributed by atoms with Gasteiger partial charge >= 0.3 is 5.97 Å². The monoisotopic (exact) mass is 271 g/mol. The van der Waals surface area contributed by atoms with Crippen LogP contribution in [0.25, 0.3) is 0 Å². The van der Waals surface area contributed by atoms with E-state index in [2.05, 4.69) is 5.32 Å². The zero-order valence-electron chi connectivity index (χ0n) is 11.0.